The third-order valence-corrected chi connectivity index (χ3v) is 4.36. The molecule has 3 rings (SSSR count). The Morgan fingerprint density at radius 1 is 1.30 bits per heavy atom. The minimum absolute atomic E-state index is 0.279. The molecule has 1 aromatic heterocycles. The van der Waals surface area contributed by atoms with Gasteiger partial charge in [0, 0.05) is 29.2 Å². The van der Waals surface area contributed by atoms with E-state index in [0.29, 0.717) is 24.5 Å². The maximum Gasteiger partial charge on any atom is 0.272 e. The Balaban J connectivity index is 1.90. The number of allylic oxidation sites excluding steroid dienone is 2. The van der Waals surface area contributed by atoms with Crippen molar-refractivity contribution in [2.75, 3.05) is 0 Å². The van der Waals surface area contributed by atoms with Crippen molar-refractivity contribution in [2.24, 2.45) is 5.92 Å². The smallest absolute Gasteiger partial charge is 0.272 e. The lowest BCUT2D eigenvalue weighted by atomic mass is 9.98. The topological polar surface area (TPSA) is 68.4 Å². The number of carbonyl (C=O) groups is 1. The van der Waals surface area contributed by atoms with Gasteiger partial charge in [0.05, 0.1) is 5.70 Å². The highest BCUT2D eigenvalue weighted by Crippen LogP contribution is 2.25. The second-order valence-electron chi connectivity index (χ2n) is 6.58. The summed E-state index contributed by atoms with van der Waals surface area (Å²) in [5.74, 6) is 0.0940. The zero-order valence-corrected chi connectivity index (χ0v) is 13.8. The highest BCUT2D eigenvalue weighted by Gasteiger charge is 2.32. The van der Waals surface area contributed by atoms with E-state index in [-0.39, 0.29) is 11.9 Å². The van der Waals surface area contributed by atoms with E-state index in [9.17, 15) is 10.0 Å². The van der Waals surface area contributed by atoms with Crippen molar-refractivity contribution in [1.29, 1.82) is 0 Å². The molecule has 3 N–H and O–H groups in total. The number of rotatable bonds is 4. The fourth-order valence-corrected chi connectivity index (χ4v) is 3.10. The van der Waals surface area contributed by atoms with Crippen LogP contribution in [0.1, 0.15) is 32.8 Å². The molecule has 0 bridgehead atoms. The number of para-hydroxylation sites is 1. The molecule has 1 aromatic carbocycles. The Kier molecular flexibility index (Phi) is 4.13. The van der Waals surface area contributed by atoms with Gasteiger partial charge >= 0.3 is 0 Å². The summed E-state index contributed by atoms with van der Waals surface area (Å²) < 4.78 is 0. The van der Waals surface area contributed by atoms with Crippen molar-refractivity contribution in [3.05, 3.63) is 47.4 Å². The first-order valence-electron chi connectivity index (χ1n) is 8.01. The van der Waals surface area contributed by atoms with Gasteiger partial charge in [-0.25, -0.2) is 0 Å². The lowest BCUT2D eigenvalue weighted by molar-refractivity contribution is -0.162. The van der Waals surface area contributed by atoms with Crippen LogP contribution in [0, 0.1) is 5.92 Å². The molecular weight excluding hydrogens is 290 g/mol. The third kappa shape index (κ3) is 2.97. The average molecular weight is 313 g/mol. The Morgan fingerprint density at radius 2 is 2.04 bits per heavy atom. The fourth-order valence-electron chi connectivity index (χ4n) is 3.10. The summed E-state index contributed by atoms with van der Waals surface area (Å²) in [7, 11) is 0. The van der Waals surface area contributed by atoms with E-state index < -0.39 is 0 Å². The molecule has 2 aromatic rings. The van der Waals surface area contributed by atoms with E-state index in [1.54, 1.807) is 6.92 Å². The molecule has 2 heterocycles. The Bertz CT molecular complexity index is 760. The molecule has 5 nitrogen and oxygen atoms in total. The molecule has 0 aliphatic carbocycles. The largest absolute Gasteiger partial charge is 0.375 e. The average Bonchev–Trinajstić information content (AvgIpc) is 2.93. The molecule has 1 aliphatic heterocycles. The summed E-state index contributed by atoms with van der Waals surface area (Å²) in [5.41, 5.74) is 3.70. The lowest BCUT2D eigenvalue weighted by Crippen LogP contribution is -2.50. The molecule has 122 valence electrons. The molecule has 0 spiro atoms. The number of carbonyl (C=O) groups excluding carboxylic acids is 1. The summed E-state index contributed by atoms with van der Waals surface area (Å²) in [6.07, 6.45) is 3.33. The summed E-state index contributed by atoms with van der Waals surface area (Å²) in [4.78, 5) is 15.5. The van der Waals surface area contributed by atoms with Crippen LogP contribution < -0.4 is 5.32 Å². The molecule has 23 heavy (non-hydrogen) atoms. The van der Waals surface area contributed by atoms with Crippen molar-refractivity contribution in [3.63, 3.8) is 0 Å². The third-order valence-electron chi connectivity index (χ3n) is 4.36. The van der Waals surface area contributed by atoms with E-state index in [4.69, 9.17) is 0 Å². The van der Waals surface area contributed by atoms with Crippen molar-refractivity contribution in [3.8, 4) is 0 Å². The number of hydroxylamine groups is 2. The number of aromatic amines is 1. The molecule has 0 saturated carbocycles. The van der Waals surface area contributed by atoms with Crippen LogP contribution in [0.3, 0.4) is 0 Å². The first-order chi connectivity index (χ1) is 11.0. The highest BCUT2D eigenvalue weighted by molar-refractivity contribution is 5.85. The quantitative estimate of drug-likeness (QED) is 0.759. The van der Waals surface area contributed by atoms with Gasteiger partial charge in [0.1, 0.15) is 6.04 Å². The number of nitrogens with one attached hydrogen (secondary N) is 2. The normalized spacial score (nSPS) is 18.9. The van der Waals surface area contributed by atoms with E-state index >= 15 is 0 Å². The minimum Gasteiger partial charge on any atom is -0.375 e. The summed E-state index contributed by atoms with van der Waals surface area (Å²) in [6.45, 7) is 5.91. The van der Waals surface area contributed by atoms with Gasteiger partial charge in [0.15, 0.2) is 0 Å². The van der Waals surface area contributed by atoms with Crippen LogP contribution >= 0.6 is 0 Å². The molecule has 5 heteroatoms. The molecule has 0 radical (unpaired) electrons. The van der Waals surface area contributed by atoms with Crippen LogP contribution in [-0.4, -0.2) is 27.2 Å². The van der Waals surface area contributed by atoms with Gasteiger partial charge in [-0.3, -0.25) is 10.0 Å². The molecule has 1 atom stereocenters. The van der Waals surface area contributed by atoms with Gasteiger partial charge in [-0.05, 0) is 30.9 Å². The van der Waals surface area contributed by atoms with E-state index in [2.05, 4.69) is 30.2 Å². The number of fused-ring (bicyclic) bond motifs is 1. The summed E-state index contributed by atoms with van der Waals surface area (Å²) >= 11 is 0. The van der Waals surface area contributed by atoms with Crippen molar-refractivity contribution in [1.82, 2.24) is 15.4 Å². The van der Waals surface area contributed by atoms with Crippen LogP contribution in [-0.2, 0) is 11.2 Å². The number of aromatic nitrogens is 1. The maximum atomic E-state index is 12.2. The van der Waals surface area contributed by atoms with Gasteiger partial charge in [-0.15, -0.1) is 0 Å². The van der Waals surface area contributed by atoms with E-state index in [0.717, 1.165) is 27.2 Å². The zero-order chi connectivity index (χ0) is 16.6. The number of hydrogen-bond donors (Lipinski definition) is 3. The van der Waals surface area contributed by atoms with E-state index in [1.807, 2.05) is 24.4 Å². The molecule has 1 amide bonds. The predicted octanol–water partition coefficient (Wildman–Crippen LogP) is 3.18. The number of H-pyrrole nitrogens is 1. The monoisotopic (exact) mass is 313 g/mol. The van der Waals surface area contributed by atoms with Crippen LogP contribution in [0.5, 0.6) is 0 Å². The van der Waals surface area contributed by atoms with Crippen LogP contribution in [0.2, 0.25) is 0 Å². The van der Waals surface area contributed by atoms with E-state index in [1.165, 1.54) is 0 Å². The first kappa shape index (κ1) is 15.6. The Hall–Kier alpha value is -2.27. The second-order valence-corrected chi connectivity index (χ2v) is 6.58. The number of hydrogen-bond acceptors (Lipinski definition) is 3. The molecular formula is C18H23N3O2. The van der Waals surface area contributed by atoms with Gasteiger partial charge in [0.2, 0.25) is 0 Å². The maximum absolute atomic E-state index is 12.2. The SMILES string of the molecule is CC1=C(Cc2c[nH]c3ccccc23)NC(CC(C)C)C(=O)N1O. The molecule has 1 unspecified atom stereocenters. The number of nitrogens with zero attached hydrogens (tertiary/aromatic N) is 1. The standard InChI is InChI=1S/C18H23N3O2/c1-11(2)8-17-18(22)21(23)12(3)16(20-17)9-13-10-19-15-7-5-4-6-14(13)15/h4-7,10-11,17,19-20,23H,8-9H2,1-3H3. The Morgan fingerprint density at radius 3 is 2.78 bits per heavy atom. The van der Waals surface area contributed by atoms with Crippen LogP contribution in [0.4, 0.5) is 0 Å². The predicted molar refractivity (Wildman–Crippen MR) is 89.7 cm³/mol. The molecule has 0 fully saturated rings. The van der Waals surface area contributed by atoms with Gasteiger partial charge in [0.25, 0.3) is 5.91 Å². The fraction of sp³-hybridized carbons (Fsp3) is 0.389. The number of benzene rings is 1. The molecule has 0 saturated heterocycles. The van der Waals surface area contributed by atoms with Crippen LogP contribution in [0.15, 0.2) is 41.9 Å². The first-order valence-corrected chi connectivity index (χ1v) is 8.01. The van der Waals surface area contributed by atoms with Gasteiger partial charge < -0.3 is 10.3 Å². The van der Waals surface area contributed by atoms with Crippen molar-refractivity contribution in [2.45, 2.75) is 39.7 Å². The Labute approximate surface area is 135 Å². The second kappa shape index (κ2) is 6.08. The molecule has 1 aliphatic rings. The summed E-state index contributed by atoms with van der Waals surface area (Å²) in [5, 5.41) is 15.4. The minimum atomic E-state index is -0.371. The summed E-state index contributed by atoms with van der Waals surface area (Å²) in [6, 6.07) is 7.76. The lowest BCUT2D eigenvalue weighted by Gasteiger charge is -2.33. The van der Waals surface area contributed by atoms with Crippen LogP contribution in [0.25, 0.3) is 10.9 Å². The zero-order valence-electron chi connectivity index (χ0n) is 13.8. The van der Waals surface area contributed by atoms with Crippen molar-refractivity contribution >= 4 is 16.8 Å². The van der Waals surface area contributed by atoms with Crippen molar-refractivity contribution < 1.29 is 10.0 Å². The highest BCUT2D eigenvalue weighted by atomic mass is 16.5. The number of amides is 1. The van der Waals surface area contributed by atoms with Gasteiger partial charge in [-0.2, -0.15) is 5.06 Å². The van der Waals surface area contributed by atoms with Gasteiger partial charge in [-0.1, -0.05) is 32.0 Å².